The Morgan fingerprint density at radius 1 is 1.18 bits per heavy atom. The van der Waals surface area contributed by atoms with Gasteiger partial charge in [-0.25, -0.2) is 18.3 Å². The molecule has 4 heterocycles. The Bertz CT molecular complexity index is 1030. The van der Waals surface area contributed by atoms with E-state index in [1.165, 1.54) is 0 Å². The Balaban J connectivity index is 0.00000274. The van der Waals surface area contributed by atoms with Gasteiger partial charge in [-0.1, -0.05) is 7.43 Å². The van der Waals surface area contributed by atoms with Crippen molar-refractivity contribution in [1.29, 1.82) is 0 Å². The van der Waals surface area contributed by atoms with Crippen LogP contribution in [0.3, 0.4) is 0 Å². The third-order valence-electron chi connectivity index (χ3n) is 7.43. The number of nitrogens with zero attached hydrogens (tertiary/aromatic N) is 5. The molecule has 10 heteroatoms. The van der Waals surface area contributed by atoms with Crippen molar-refractivity contribution in [2.45, 2.75) is 83.4 Å². The summed E-state index contributed by atoms with van der Waals surface area (Å²) in [4.78, 5) is 22.1. The first-order valence-electron chi connectivity index (χ1n) is 12.0. The number of hydrogen-bond acceptors (Lipinski definition) is 6. The van der Waals surface area contributed by atoms with E-state index < -0.39 is 24.4 Å². The lowest BCUT2D eigenvalue weighted by atomic mass is 9.82. The molecule has 2 aromatic rings. The van der Waals surface area contributed by atoms with E-state index in [4.69, 9.17) is 15.8 Å². The number of carbonyl (C=O) groups excluding carboxylic acids is 1. The summed E-state index contributed by atoms with van der Waals surface area (Å²) < 4.78 is 29.5. The zero-order chi connectivity index (χ0) is 23.3. The number of amides is 1. The van der Waals surface area contributed by atoms with Gasteiger partial charge in [-0.05, 0) is 45.4 Å². The van der Waals surface area contributed by atoms with E-state index in [1.807, 2.05) is 19.2 Å². The average Bonchev–Trinajstić information content (AvgIpc) is 3.42. The molecule has 1 aliphatic carbocycles. The Morgan fingerprint density at radius 2 is 1.97 bits per heavy atom. The van der Waals surface area contributed by atoms with Crippen LogP contribution in [0.25, 0.3) is 5.65 Å². The number of carbonyl (C=O) groups is 1. The summed E-state index contributed by atoms with van der Waals surface area (Å²) in [5, 5.41) is 15.0. The van der Waals surface area contributed by atoms with Crippen LogP contribution in [0.1, 0.15) is 63.3 Å². The maximum Gasteiger partial charge on any atom is 0.228 e. The van der Waals surface area contributed by atoms with Gasteiger partial charge in [-0.3, -0.25) is 4.79 Å². The molecule has 3 fully saturated rings. The molecule has 8 nitrogen and oxygen atoms in total. The van der Waals surface area contributed by atoms with Gasteiger partial charge in [0.25, 0.3) is 0 Å². The number of rotatable bonds is 3. The molecule has 1 saturated carbocycles. The Morgan fingerprint density at radius 3 is 2.71 bits per heavy atom. The van der Waals surface area contributed by atoms with E-state index in [1.54, 1.807) is 9.42 Å². The number of nitrogens with two attached hydrogens (primary N) is 1. The standard InChI is InChI=1S/C23H32F2N6O2.CH4/c1-13-11-31-19(27-22(13)29-9-7-14(26)12-29)10-17(28-31)18-4-2-3-8-30(18)23(33)15-5-6-16(24)20(25)21(15)32;/h10-11,14-16,18,20-21,32H,2-9,12,26H2,1H3;1H4/t14-,15?,16?,18-,20?,21?;/m0./s1. The topological polar surface area (TPSA) is 100.0 Å². The molecule has 2 saturated heterocycles. The van der Waals surface area contributed by atoms with Crippen LogP contribution >= 0.6 is 0 Å². The second-order valence-electron chi connectivity index (χ2n) is 9.79. The second-order valence-corrected chi connectivity index (χ2v) is 9.79. The Kier molecular flexibility index (Phi) is 7.09. The average molecular weight is 479 g/mol. The van der Waals surface area contributed by atoms with Crippen LogP contribution in [0.5, 0.6) is 0 Å². The number of hydrogen-bond donors (Lipinski definition) is 2. The van der Waals surface area contributed by atoms with Crippen molar-refractivity contribution in [3.8, 4) is 0 Å². The summed E-state index contributed by atoms with van der Waals surface area (Å²) in [6.45, 7) is 4.16. The number of alkyl halides is 2. The lowest BCUT2D eigenvalue weighted by Gasteiger charge is -2.40. The number of likely N-dealkylation sites (tertiary alicyclic amines) is 1. The highest BCUT2D eigenvalue weighted by Gasteiger charge is 2.45. The molecule has 6 atom stereocenters. The molecule has 0 spiro atoms. The quantitative estimate of drug-likeness (QED) is 0.704. The van der Waals surface area contributed by atoms with Crippen LogP contribution in [0.4, 0.5) is 14.6 Å². The zero-order valence-corrected chi connectivity index (χ0v) is 18.9. The third kappa shape index (κ3) is 4.37. The monoisotopic (exact) mass is 478 g/mol. The number of aryl methyl sites for hydroxylation is 1. The first-order chi connectivity index (χ1) is 15.8. The zero-order valence-electron chi connectivity index (χ0n) is 18.9. The molecule has 3 aliphatic rings. The molecule has 34 heavy (non-hydrogen) atoms. The summed E-state index contributed by atoms with van der Waals surface area (Å²) in [6, 6.07) is 1.78. The molecular weight excluding hydrogens is 442 g/mol. The lowest BCUT2D eigenvalue weighted by molar-refractivity contribution is -0.150. The van der Waals surface area contributed by atoms with Crippen molar-refractivity contribution >= 4 is 17.4 Å². The van der Waals surface area contributed by atoms with Gasteiger partial charge in [-0.2, -0.15) is 5.10 Å². The number of piperidine rings is 1. The fourth-order valence-electron chi connectivity index (χ4n) is 5.57. The molecule has 0 bridgehead atoms. The van der Waals surface area contributed by atoms with Crippen molar-refractivity contribution in [2.24, 2.45) is 11.7 Å². The summed E-state index contributed by atoms with van der Waals surface area (Å²) in [5.41, 5.74) is 8.51. The van der Waals surface area contributed by atoms with Crippen molar-refractivity contribution < 1.29 is 18.7 Å². The Labute approximate surface area is 199 Å². The van der Waals surface area contributed by atoms with Crippen molar-refractivity contribution in [3.63, 3.8) is 0 Å². The number of aliphatic hydroxyl groups is 1. The van der Waals surface area contributed by atoms with Gasteiger partial charge in [0.05, 0.1) is 23.8 Å². The Hall–Kier alpha value is -2.33. The van der Waals surface area contributed by atoms with E-state index in [0.717, 1.165) is 55.8 Å². The minimum atomic E-state index is -2.02. The minimum absolute atomic E-state index is 0. The molecule has 2 aromatic heterocycles. The number of fused-ring (bicyclic) bond motifs is 1. The molecular formula is C24H36F2N6O2. The maximum absolute atomic E-state index is 14.1. The minimum Gasteiger partial charge on any atom is -0.389 e. The summed E-state index contributed by atoms with van der Waals surface area (Å²) >= 11 is 0. The largest absolute Gasteiger partial charge is 0.389 e. The molecule has 5 rings (SSSR count). The number of halogens is 2. The summed E-state index contributed by atoms with van der Waals surface area (Å²) in [5.74, 6) is -0.329. The highest BCUT2D eigenvalue weighted by atomic mass is 19.2. The second kappa shape index (κ2) is 9.73. The number of aliphatic hydroxyl groups excluding tert-OH is 1. The molecule has 0 aromatic carbocycles. The van der Waals surface area contributed by atoms with Gasteiger partial charge in [0.15, 0.2) is 11.8 Å². The fraction of sp³-hybridized carbons (Fsp3) is 0.708. The van der Waals surface area contributed by atoms with Crippen LogP contribution < -0.4 is 10.6 Å². The number of aromatic nitrogens is 3. The van der Waals surface area contributed by atoms with Gasteiger partial charge >= 0.3 is 0 Å². The highest BCUT2D eigenvalue weighted by molar-refractivity contribution is 5.80. The first kappa shape index (κ1) is 24.8. The third-order valence-corrected chi connectivity index (χ3v) is 7.43. The van der Waals surface area contributed by atoms with Gasteiger partial charge < -0.3 is 20.6 Å². The van der Waals surface area contributed by atoms with E-state index >= 15 is 0 Å². The summed E-state index contributed by atoms with van der Waals surface area (Å²) in [7, 11) is 0. The lowest BCUT2D eigenvalue weighted by Crippen LogP contribution is -2.51. The predicted molar refractivity (Wildman–Crippen MR) is 126 cm³/mol. The van der Waals surface area contributed by atoms with Crippen LogP contribution in [-0.4, -0.2) is 74.6 Å². The van der Waals surface area contributed by atoms with E-state index in [-0.39, 0.29) is 38.3 Å². The predicted octanol–water partition coefficient (Wildman–Crippen LogP) is 2.71. The van der Waals surface area contributed by atoms with Crippen LogP contribution in [-0.2, 0) is 4.79 Å². The molecule has 0 radical (unpaired) electrons. The fourth-order valence-corrected chi connectivity index (χ4v) is 5.57. The highest BCUT2D eigenvalue weighted by Crippen LogP contribution is 2.36. The SMILES string of the molecule is C.Cc1cn2nc([C@@H]3CCCCN3C(=O)C3CCC(F)C(F)C3O)cc2nc1N1CC[C@H](N)C1. The van der Waals surface area contributed by atoms with Gasteiger partial charge in [0.2, 0.25) is 5.91 Å². The van der Waals surface area contributed by atoms with Gasteiger partial charge in [-0.15, -0.1) is 0 Å². The molecule has 4 unspecified atom stereocenters. The smallest absolute Gasteiger partial charge is 0.228 e. The molecule has 188 valence electrons. The normalized spacial score (nSPS) is 32.1. The number of anilines is 1. The van der Waals surface area contributed by atoms with Crippen molar-refractivity contribution in [1.82, 2.24) is 19.5 Å². The van der Waals surface area contributed by atoms with Gasteiger partial charge in [0.1, 0.15) is 12.0 Å². The van der Waals surface area contributed by atoms with Crippen molar-refractivity contribution in [2.75, 3.05) is 24.5 Å². The maximum atomic E-state index is 14.1. The van der Waals surface area contributed by atoms with Crippen molar-refractivity contribution in [3.05, 3.63) is 23.5 Å². The molecule has 1 amide bonds. The van der Waals surface area contributed by atoms with E-state index in [9.17, 15) is 18.7 Å². The first-order valence-corrected chi connectivity index (χ1v) is 12.0. The molecule has 3 N–H and O–H groups in total. The summed E-state index contributed by atoms with van der Waals surface area (Å²) in [6.07, 6.45) is 0.150. The van der Waals surface area contributed by atoms with Crippen LogP contribution in [0.15, 0.2) is 12.3 Å². The van der Waals surface area contributed by atoms with Crippen LogP contribution in [0.2, 0.25) is 0 Å². The van der Waals surface area contributed by atoms with E-state index in [0.29, 0.717) is 12.2 Å². The van der Waals surface area contributed by atoms with Crippen LogP contribution in [0, 0.1) is 12.8 Å². The van der Waals surface area contributed by atoms with Gasteiger partial charge in [0, 0.05) is 43.5 Å². The van der Waals surface area contributed by atoms with E-state index in [2.05, 4.69) is 4.90 Å². The molecule has 2 aliphatic heterocycles.